The van der Waals surface area contributed by atoms with Gasteiger partial charge >= 0.3 is 23.9 Å². The zero-order valence-electron chi connectivity index (χ0n) is 23.7. The Morgan fingerprint density at radius 1 is 0.476 bits per heavy atom. The molecule has 0 saturated heterocycles. The fourth-order valence-electron chi connectivity index (χ4n) is 4.44. The van der Waals surface area contributed by atoms with Crippen LogP contribution in [0, 0.1) is 0 Å². The van der Waals surface area contributed by atoms with Crippen LogP contribution >= 0.6 is 0 Å². The maximum Gasteiger partial charge on any atom is 0.337 e. The van der Waals surface area contributed by atoms with Crippen LogP contribution in [0.25, 0.3) is 11.1 Å². The molecule has 42 heavy (non-hydrogen) atoms. The number of carbonyl (C=O) groups is 4. The summed E-state index contributed by atoms with van der Waals surface area (Å²) in [6, 6.07) is 17.5. The van der Waals surface area contributed by atoms with E-state index >= 15 is 0 Å². The molecule has 4 aromatic rings. The molecule has 0 radical (unpaired) electrons. The first-order valence-corrected chi connectivity index (χ1v) is 12.8. The molecule has 214 valence electrons. The highest BCUT2D eigenvalue weighted by atomic mass is 16.5. The number of benzene rings is 2. The average molecular weight is 571 g/mol. The molecule has 0 aliphatic carbocycles. The third kappa shape index (κ3) is 7.03. The minimum absolute atomic E-state index is 0.267. The lowest BCUT2D eigenvalue weighted by molar-refractivity contribution is -0.688. The van der Waals surface area contributed by atoms with Crippen LogP contribution in [-0.2, 0) is 32.0 Å². The van der Waals surface area contributed by atoms with Gasteiger partial charge in [0.1, 0.15) is 0 Å². The Hall–Kier alpha value is -5.38. The predicted molar refractivity (Wildman–Crippen MR) is 149 cm³/mol. The lowest BCUT2D eigenvalue weighted by Gasteiger charge is -2.07. The molecule has 2 aromatic carbocycles. The SMILES string of the molecule is COC(=O)c1cc(C[n+]2ccc(-c3cc[n+](Cc4cc(C(=O)OC)cc(C(=O)OC)c4)cc3)cc2)cc(C(=O)OC)c1. The van der Waals surface area contributed by atoms with Crippen LogP contribution in [0.4, 0.5) is 0 Å². The first-order valence-electron chi connectivity index (χ1n) is 12.8. The molecule has 0 atom stereocenters. The van der Waals surface area contributed by atoms with Crippen molar-refractivity contribution in [3.05, 3.63) is 119 Å². The second-order valence-corrected chi connectivity index (χ2v) is 9.32. The van der Waals surface area contributed by atoms with Gasteiger partial charge in [-0.05, 0) is 47.5 Å². The van der Waals surface area contributed by atoms with E-state index in [1.165, 1.54) is 40.6 Å². The van der Waals surface area contributed by atoms with E-state index in [2.05, 4.69) is 0 Å². The number of ether oxygens (including phenoxy) is 4. The fourth-order valence-corrected chi connectivity index (χ4v) is 4.44. The van der Waals surface area contributed by atoms with Crippen LogP contribution < -0.4 is 9.13 Å². The largest absolute Gasteiger partial charge is 0.465 e. The van der Waals surface area contributed by atoms with Crippen molar-refractivity contribution in [1.29, 1.82) is 0 Å². The monoisotopic (exact) mass is 570 g/mol. The molecule has 0 aliphatic heterocycles. The summed E-state index contributed by atoms with van der Waals surface area (Å²) in [6.45, 7) is 0.837. The minimum atomic E-state index is -0.538. The normalized spacial score (nSPS) is 10.5. The number of methoxy groups -OCH3 is 4. The fraction of sp³-hybridized carbons (Fsp3) is 0.188. The predicted octanol–water partition coefficient (Wildman–Crippen LogP) is 3.17. The summed E-state index contributed by atoms with van der Waals surface area (Å²) in [5, 5.41) is 0. The number of carbonyl (C=O) groups excluding carboxylic acids is 4. The van der Waals surface area contributed by atoms with Gasteiger partial charge in [-0.1, -0.05) is 0 Å². The zero-order chi connectivity index (χ0) is 30.2. The summed E-state index contributed by atoms with van der Waals surface area (Å²) in [7, 11) is 5.15. The maximum atomic E-state index is 12.1. The number of hydrogen-bond acceptors (Lipinski definition) is 8. The molecule has 2 aromatic heterocycles. The number of hydrogen-bond donors (Lipinski definition) is 0. The average Bonchev–Trinajstić information content (AvgIpc) is 3.03. The Kier molecular flexibility index (Phi) is 9.39. The maximum absolute atomic E-state index is 12.1. The number of nitrogens with zero attached hydrogens (tertiary/aromatic N) is 2. The quantitative estimate of drug-likeness (QED) is 0.171. The first-order chi connectivity index (χ1) is 20.2. The Labute approximate surface area is 242 Å². The summed E-state index contributed by atoms with van der Waals surface area (Å²) in [5.74, 6) is -2.15. The van der Waals surface area contributed by atoms with Crippen molar-refractivity contribution in [1.82, 2.24) is 0 Å². The molecular weight excluding hydrogens is 540 g/mol. The second kappa shape index (κ2) is 13.3. The number of aromatic nitrogens is 2. The molecule has 10 heteroatoms. The van der Waals surface area contributed by atoms with Gasteiger partial charge in [0.15, 0.2) is 37.9 Å². The van der Waals surface area contributed by atoms with Gasteiger partial charge in [0, 0.05) is 35.4 Å². The van der Waals surface area contributed by atoms with Gasteiger partial charge in [0.25, 0.3) is 0 Å². The summed E-state index contributed by atoms with van der Waals surface area (Å²) in [6.07, 6.45) is 7.63. The van der Waals surface area contributed by atoms with Crippen molar-refractivity contribution in [3.8, 4) is 11.1 Å². The van der Waals surface area contributed by atoms with Gasteiger partial charge in [-0.25, -0.2) is 28.3 Å². The Morgan fingerprint density at radius 3 is 0.976 bits per heavy atom. The van der Waals surface area contributed by atoms with Crippen molar-refractivity contribution < 1.29 is 47.3 Å². The minimum Gasteiger partial charge on any atom is -0.465 e. The van der Waals surface area contributed by atoms with Gasteiger partial charge in [-0.15, -0.1) is 0 Å². The Balaban J connectivity index is 1.51. The third-order valence-corrected chi connectivity index (χ3v) is 6.52. The number of esters is 4. The molecule has 4 rings (SSSR count). The highest BCUT2D eigenvalue weighted by Crippen LogP contribution is 2.18. The van der Waals surface area contributed by atoms with Crippen LogP contribution in [-0.4, -0.2) is 52.3 Å². The standard InChI is InChI=1S/C32H30N2O8/c1-39-29(35)25-13-21(14-26(17-25)30(36)40-2)19-33-9-5-23(6-10-33)24-7-11-34(12-8-24)20-22-15-27(31(37)41-3)18-28(16-22)32(38)42-4/h5-18H,19-20H2,1-4H3/q+2. The molecule has 2 heterocycles. The van der Waals surface area contributed by atoms with Crippen molar-refractivity contribution in [2.24, 2.45) is 0 Å². The van der Waals surface area contributed by atoms with Gasteiger partial charge in [0.05, 0.1) is 50.7 Å². The van der Waals surface area contributed by atoms with Crippen molar-refractivity contribution >= 4 is 23.9 Å². The first kappa shape index (κ1) is 29.6. The lowest BCUT2D eigenvalue weighted by atomic mass is 10.0. The van der Waals surface area contributed by atoms with E-state index in [-0.39, 0.29) is 22.3 Å². The molecule has 0 saturated carbocycles. The highest BCUT2D eigenvalue weighted by Gasteiger charge is 2.17. The third-order valence-electron chi connectivity index (χ3n) is 6.52. The molecule has 0 bridgehead atoms. The smallest absolute Gasteiger partial charge is 0.337 e. The van der Waals surface area contributed by atoms with Gasteiger partial charge in [0.2, 0.25) is 0 Å². The van der Waals surface area contributed by atoms with Crippen molar-refractivity contribution in [3.63, 3.8) is 0 Å². The van der Waals surface area contributed by atoms with Crippen LogP contribution in [0.2, 0.25) is 0 Å². The van der Waals surface area contributed by atoms with E-state index in [0.29, 0.717) is 13.1 Å². The number of rotatable bonds is 9. The summed E-state index contributed by atoms with van der Waals surface area (Å²) < 4.78 is 23.1. The van der Waals surface area contributed by atoms with Crippen LogP contribution in [0.1, 0.15) is 52.6 Å². The number of pyridine rings is 2. The molecule has 0 N–H and O–H groups in total. The summed E-state index contributed by atoms with van der Waals surface area (Å²) in [5.41, 5.74) is 4.52. The topological polar surface area (TPSA) is 113 Å². The molecule has 0 unspecified atom stereocenters. The van der Waals surface area contributed by atoms with E-state index in [9.17, 15) is 19.2 Å². The summed E-state index contributed by atoms with van der Waals surface area (Å²) >= 11 is 0. The van der Waals surface area contributed by atoms with E-state index < -0.39 is 23.9 Å². The van der Waals surface area contributed by atoms with Crippen molar-refractivity contribution in [2.75, 3.05) is 28.4 Å². The van der Waals surface area contributed by atoms with Gasteiger partial charge in [-0.3, -0.25) is 0 Å². The lowest BCUT2D eigenvalue weighted by Crippen LogP contribution is -2.34. The second-order valence-electron chi connectivity index (χ2n) is 9.32. The molecular formula is C32H30N2O8+2. The molecule has 0 spiro atoms. The van der Waals surface area contributed by atoms with Gasteiger partial charge < -0.3 is 18.9 Å². The Morgan fingerprint density at radius 2 is 0.738 bits per heavy atom. The van der Waals surface area contributed by atoms with Gasteiger partial charge in [-0.2, -0.15) is 0 Å². The van der Waals surface area contributed by atoms with E-state index in [1.807, 2.05) is 58.2 Å². The van der Waals surface area contributed by atoms with Crippen LogP contribution in [0.3, 0.4) is 0 Å². The summed E-state index contributed by atoms with van der Waals surface area (Å²) in [4.78, 5) is 48.4. The highest BCUT2D eigenvalue weighted by molar-refractivity contribution is 5.96. The van der Waals surface area contributed by atoms with E-state index in [1.54, 1.807) is 24.3 Å². The van der Waals surface area contributed by atoms with Crippen molar-refractivity contribution in [2.45, 2.75) is 13.1 Å². The van der Waals surface area contributed by atoms with E-state index in [4.69, 9.17) is 18.9 Å². The zero-order valence-corrected chi connectivity index (χ0v) is 23.7. The molecule has 0 aliphatic rings. The van der Waals surface area contributed by atoms with Crippen LogP contribution in [0.15, 0.2) is 85.5 Å². The molecule has 0 fully saturated rings. The Bertz CT molecular complexity index is 1440. The van der Waals surface area contributed by atoms with Crippen LogP contribution in [0.5, 0.6) is 0 Å². The van der Waals surface area contributed by atoms with E-state index in [0.717, 1.165) is 22.3 Å². The molecule has 10 nitrogen and oxygen atoms in total. The molecule has 0 amide bonds.